The van der Waals surface area contributed by atoms with Gasteiger partial charge in [0.15, 0.2) is 0 Å². The number of nitrogens with two attached hydrogens (primary N) is 1. The summed E-state index contributed by atoms with van der Waals surface area (Å²) in [5.41, 5.74) is 1.08. The number of rotatable bonds is 4. The molecule has 0 aromatic rings. The van der Waals surface area contributed by atoms with Crippen molar-refractivity contribution in [1.82, 2.24) is 0 Å². The molecular weight excluding hydrogens is 198 g/mol. The summed E-state index contributed by atoms with van der Waals surface area (Å²) < 4.78 is 0. The summed E-state index contributed by atoms with van der Waals surface area (Å²) in [5, 5.41) is 19.3. The average molecular weight is 219 g/mol. The molecule has 0 saturated carbocycles. The highest BCUT2D eigenvalue weighted by molar-refractivity contribution is 8.01. The van der Waals surface area contributed by atoms with Crippen LogP contribution in [0.3, 0.4) is 0 Å². The van der Waals surface area contributed by atoms with Gasteiger partial charge in [-0.1, -0.05) is 31.7 Å². The van der Waals surface area contributed by atoms with Crippen molar-refractivity contribution in [2.75, 3.05) is 14.2 Å². The third-order valence-electron chi connectivity index (χ3n) is 1.14. The maximum absolute atomic E-state index is 7.00. The van der Waals surface area contributed by atoms with Gasteiger partial charge in [-0.2, -0.15) is 0 Å². The topological polar surface area (TPSA) is 66.5 Å². The van der Waals surface area contributed by atoms with E-state index in [-0.39, 0.29) is 0 Å². The molecular formula is C10H21NO2S. The first kappa shape index (κ1) is 19.1. The van der Waals surface area contributed by atoms with Crippen molar-refractivity contribution in [3.05, 3.63) is 35.8 Å². The van der Waals surface area contributed by atoms with Crippen molar-refractivity contribution in [1.29, 1.82) is 0 Å². The molecule has 0 fully saturated rings. The Hall–Kier alpha value is -0.550. The predicted molar refractivity (Wildman–Crippen MR) is 65.8 cm³/mol. The molecule has 0 atom stereocenters. The van der Waals surface area contributed by atoms with E-state index in [1.165, 1.54) is 11.9 Å². The summed E-state index contributed by atoms with van der Waals surface area (Å²) in [4.78, 5) is 0.965. The number of hydrogen-bond donors (Lipinski definition) is 3. The van der Waals surface area contributed by atoms with E-state index in [4.69, 9.17) is 15.4 Å². The molecule has 0 aliphatic rings. The number of aliphatic hydroxyl groups excluding tert-OH is 2. The molecule has 0 aliphatic carbocycles. The molecule has 3 nitrogen and oxygen atoms in total. The first-order valence-corrected chi connectivity index (χ1v) is 4.90. The van der Waals surface area contributed by atoms with Crippen molar-refractivity contribution in [3.63, 3.8) is 0 Å². The van der Waals surface area contributed by atoms with E-state index < -0.39 is 0 Å². The molecule has 0 bridgehead atoms. The Morgan fingerprint density at radius 2 is 1.79 bits per heavy atom. The van der Waals surface area contributed by atoms with Crippen LogP contribution < -0.4 is 5.14 Å². The second kappa shape index (κ2) is 18.3. The fourth-order valence-corrected chi connectivity index (χ4v) is 0.775. The van der Waals surface area contributed by atoms with Gasteiger partial charge in [-0.3, -0.25) is 5.14 Å². The summed E-state index contributed by atoms with van der Waals surface area (Å²) in [6, 6.07) is 0. The van der Waals surface area contributed by atoms with Gasteiger partial charge in [0.05, 0.1) is 0 Å². The van der Waals surface area contributed by atoms with Gasteiger partial charge in [-0.25, -0.2) is 0 Å². The summed E-state index contributed by atoms with van der Waals surface area (Å²) in [6.07, 6.45) is 4.63. The minimum absolute atomic E-state index is 0.956. The summed E-state index contributed by atoms with van der Waals surface area (Å²) >= 11 is 1.20. The fourth-order valence-electron chi connectivity index (χ4n) is 0.444. The van der Waals surface area contributed by atoms with Crippen LogP contribution in [0.4, 0.5) is 0 Å². The second-order valence-corrected chi connectivity index (χ2v) is 2.59. The van der Waals surface area contributed by atoms with Gasteiger partial charge in [0.1, 0.15) is 0 Å². The maximum Gasteiger partial charge on any atom is 0.0319 e. The number of allylic oxidation sites excluding steroid dienone is 3. The van der Waals surface area contributed by atoms with Crippen LogP contribution in [-0.4, -0.2) is 24.4 Å². The van der Waals surface area contributed by atoms with Gasteiger partial charge in [0.25, 0.3) is 0 Å². The molecule has 0 saturated heterocycles. The second-order valence-electron chi connectivity index (χ2n) is 1.88. The van der Waals surface area contributed by atoms with E-state index >= 15 is 0 Å². The average Bonchev–Trinajstić information content (AvgIpc) is 2.30. The van der Waals surface area contributed by atoms with Crippen molar-refractivity contribution in [3.8, 4) is 0 Å². The Labute approximate surface area is 91.2 Å². The quantitative estimate of drug-likeness (QED) is 0.498. The number of hydrogen-bond acceptors (Lipinski definition) is 4. The van der Waals surface area contributed by atoms with Gasteiger partial charge in [-0.05, 0) is 24.4 Å². The van der Waals surface area contributed by atoms with E-state index in [9.17, 15) is 0 Å². The molecule has 0 unspecified atom stereocenters. The lowest BCUT2D eigenvalue weighted by atomic mass is 10.2. The standard InChI is InChI=1S/C8H13NS.2CH4O/c1-4-7(3)6-8(5-2)10-9;2*1-2/h5-6H,2-4,9H2,1H3;2*2H,1H3/b8-6+;;. The first-order valence-electron chi connectivity index (χ1n) is 4.02. The zero-order chi connectivity index (χ0) is 12.0. The molecule has 0 rings (SSSR count). The van der Waals surface area contributed by atoms with Crippen LogP contribution in [0.5, 0.6) is 0 Å². The van der Waals surface area contributed by atoms with Gasteiger partial charge < -0.3 is 10.2 Å². The molecule has 0 aliphatic heterocycles. The first-order chi connectivity index (χ1) is 6.74. The predicted octanol–water partition coefficient (Wildman–Crippen LogP) is 1.85. The van der Waals surface area contributed by atoms with E-state index in [1.54, 1.807) is 6.08 Å². The molecule has 0 aromatic carbocycles. The van der Waals surface area contributed by atoms with Crippen LogP contribution in [0, 0.1) is 0 Å². The maximum atomic E-state index is 7.00. The van der Waals surface area contributed by atoms with Crippen molar-refractivity contribution in [2.24, 2.45) is 5.14 Å². The molecule has 0 radical (unpaired) electrons. The Morgan fingerprint density at radius 3 is 2.00 bits per heavy atom. The van der Waals surface area contributed by atoms with Crippen LogP contribution in [0.25, 0.3) is 0 Å². The third kappa shape index (κ3) is 14.0. The van der Waals surface area contributed by atoms with Gasteiger partial charge in [0, 0.05) is 19.1 Å². The molecule has 0 amide bonds. The van der Waals surface area contributed by atoms with Crippen molar-refractivity contribution < 1.29 is 10.2 Å². The van der Waals surface area contributed by atoms with E-state index in [2.05, 4.69) is 20.1 Å². The van der Waals surface area contributed by atoms with E-state index in [1.807, 2.05) is 6.08 Å². The highest BCUT2D eigenvalue weighted by Gasteiger charge is 1.88. The van der Waals surface area contributed by atoms with Gasteiger partial charge in [0.2, 0.25) is 0 Å². The lowest BCUT2D eigenvalue weighted by Crippen LogP contribution is -1.80. The van der Waals surface area contributed by atoms with Crippen molar-refractivity contribution in [2.45, 2.75) is 13.3 Å². The lowest BCUT2D eigenvalue weighted by molar-refractivity contribution is 0.399. The molecule has 4 N–H and O–H groups in total. The summed E-state index contributed by atoms with van der Waals surface area (Å²) in [6.45, 7) is 9.48. The Balaban J connectivity index is -0.000000266. The van der Waals surface area contributed by atoms with Crippen LogP contribution in [-0.2, 0) is 0 Å². The molecule has 4 heteroatoms. The summed E-state index contributed by atoms with van der Waals surface area (Å²) in [7, 11) is 2.00. The van der Waals surface area contributed by atoms with Crippen LogP contribution in [0.2, 0.25) is 0 Å². The van der Waals surface area contributed by atoms with Gasteiger partial charge in [-0.15, -0.1) is 0 Å². The molecule has 0 heterocycles. The Kier molecular flexibility index (Phi) is 24.9. The minimum Gasteiger partial charge on any atom is -0.400 e. The van der Waals surface area contributed by atoms with Crippen LogP contribution in [0.15, 0.2) is 35.8 Å². The van der Waals surface area contributed by atoms with Gasteiger partial charge >= 0.3 is 0 Å². The zero-order valence-electron chi connectivity index (χ0n) is 9.16. The Bertz CT molecular complexity index is 168. The van der Waals surface area contributed by atoms with Crippen LogP contribution >= 0.6 is 11.9 Å². The summed E-state index contributed by atoms with van der Waals surface area (Å²) in [5.74, 6) is 0. The molecule has 14 heavy (non-hydrogen) atoms. The fraction of sp³-hybridized carbons (Fsp3) is 0.400. The normalized spacial score (nSPS) is 8.86. The van der Waals surface area contributed by atoms with E-state index in [0.717, 1.165) is 31.1 Å². The highest BCUT2D eigenvalue weighted by Crippen LogP contribution is 2.12. The smallest absolute Gasteiger partial charge is 0.0319 e. The largest absolute Gasteiger partial charge is 0.400 e. The molecule has 0 aromatic heterocycles. The minimum atomic E-state index is 0.956. The third-order valence-corrected chi connectivity index (χ3v) is 1.69. The van der Waals surface area contributed by atoms with Crippen molar-refractivity contribution >= 4 is 11.9 Å². The SMILES string of the molecule is C=C/C(=C\C(=C)CC)SN.CO.CO. The number of aliphatic hydroxyl groups is 2. The lowest BCUT2D eigenvalue weighted by Gasteiger charge is -1.96. The zero-order valence-corrected chi connectivity index (χ0v) is 9.97. The highest BCUT2D eigenvalue weighted by atomic mass is 32.2. The monoisotopic (exact) mass is 219 g/mol. The molecule has 84 valence electrons. The van der Waals surface area contributed by atoms with Crippen LogP contribution in [0.1, 0.15) is 13.3 Å². The molecule has 0 spiro atoms. The van der Waals surface area contributed by atoms with E-state index in [0.29, 0.717) is 0 Å². The Morgan fingerprint density at radius 1 is 1.36 bits per heavy atom.